The van der Waals surface area contributed by atoms with Crippen LogP contribution in [0.25, 0.3) is 0 Å². The van der Waals surface area contributed by atoms with E-state index >= 15 is 0 Å². The summed E-state index contributed by atoms with van der Waals surface area (Å²) in [6, 6.07) is 1.45. The van der Waals surface area contributed by atoms with E-state index in [-0.39, 0.29) is 39.0 Å². The number of carbonyl (C=O) groups is 2. The van der Waals surface area contributed by atoms with Gasteiger partial charge < -0.3 is 24.7 Å². The second-order valence-electron chi connectivity index (χ2n) is 4.65. The lowest BCUT2D eigenvalue weighted by Crippen LogP contribution is -2.32. The molecule has 24 heavy (non-hydrogen) atoms. The number of hydrogen-bond acceptors (Lipinski definition) is 9. The van der Waals surface area contributed by atoms with Crippen LogP contribution in [0.5, 0.6) is 0 Å². The molecule has 0 aromatic carbocycles. The van der Waals surface area contributed by atoms with Crippen LogP contribution < -0.4 is 11.4 Å². The Morgan fingerprint density at radius 2 is 2.08 bits per heavy atom. The third kappa shape index (κ3) is 7.70. The van der Waals surface area contributed by atoms with Crippen molar-refractivity contribution in [3.8, 4) is 0 Å². The highest BCUT2D eigenvalue weighted by molar-refractivity contribution is 5.70. The van der Waals surface area contributed by atoms with Crippen LogP contribution >= 0.6 is 0 Å². The lowest BCUT2D eigenvalue weighted by atomic mass is 10.4. The highest BCUT2D eigenvalue weighted by atomic mass is 16.6. The van der Waals surface area contributed by atoms with Gasteiger partial charge in [-0.25, -0.2) is 9.59 Å². The second-order valence-corrected chi connectivity index (χ2v) is 4.65. The minimum atomic E-state index is -0.673. The minimum absolute atomic E-state index is 0.0246. The number of nitrogens with two attached hydrogens (primary N) is 1. The minimum Gasteiger partial charge on any atom is -0.464 e. The fourth-order valence-corrected chi connectivity index (χ4v) is 1.56. The number of carbonyl (C=O) groups excluding carboxylic acids is 2. The third-order valence-corrected chi connectivity index (χ3v) is 2.65. The zero-order valence-corrected chi connectivity index (χ0v) is 13.6. The Bertz CT molecular complexity index is 602. The number of esters is 2. The number of ether oxygens (including phenoxy) is 4. The van der Waals surface area contributed by atoms with Gasteiger partial charge >= 0.3 is 17.6 Å². The smallest absolute Gasteiger partial charge is 0.351 e. The van der Waals surface area contributed by atoms with Gasteiger partial charge in [0.05, 0.1) is 13.2 Å². The Morgan fingerprint density at radius 1 is 1.33 bits per heavy atom. The molecule has 0 saturated heterocycles. The summed E-state index contributed by atoms with van der Waals surface area (Å²) in [5.74, 6) is -0.895. The summed E-state index contributed by atoms with van der Waals surface area (Å²) in [4.78, 5) is 37.3. The van der Waals surface area contributed by atoms with E-state index in [0.29, 0.717) is 0 Å². The quantitative estimate of drug-likeness (QED) is 0.548. The van der Waals surface area contributed by atoms with Crippen molar-refractivity contribution in [3.63, 3.8) is 0 Å². The summed E-state index contributed by atoms with van der Waals surface area (Å²) >= 11 is 0. The molecule has 134 valence electrons. The molecule has 0 spiro atoms. The van der Waals surface area contributed by atoms with E-state index < -0.39 is 23.7 Å². The summed E-state index contributed by atoms with van der Waals surface area (Å²) in [5, 5.41) is 0. The van der Waals surface area contributed by atoms with Crippen LogP contribution in [0.3, 0.4) is 0 Å². The predicted molar refractivity (Wildman–Crippen MR) is 81.9 cm³/mol. The standard InChI is InChI=1S/C14H21N3O7/c1-3-22-13(19)8-21-6-11(7-23-10(2)18)24-9-17-5-4-12(15)16-14(17)20/h4-5,11H,3,6-9H2,1-2H3,(H2,15,16,20). The largest absolute Gasteiger partial charge is 0.464 e. The molecular formula is C14H21N3O7. The average molecular weight is 343 g/mol. The second kappa shape index (κ2) is 10.3. The van der Waals surface area contributed by atoms with Gasteiger partial charge in [-0.05, 0) is 13.0 Å². The van der Waals surface area contributed by atoms with Crippen molar-refractivity contribution < 1.29 is 28.5 Å². The molecule has 0 aliphatic heterocycles. The molecule has 2 N–H and O–H groups in total. The number of aromatic nitrogens is 2. The summed E-state index contributed by atoms with van der Waals surface area (Å²) in [6.07, 6.45) is 0.750. The molecule has 0 amide bonds. The number of hydrogen-bond donors (Lipinski definition) is 1. The monoisotopic (exact) mass is 343 g/mol. The van der Waals surface area contributed by atoms with Gasteiger partial charge in [0, 0.05) is 13.1 Å². The zero-order chi connectivity index (χ0) is 17.9. The Balaban J connectivity index is 2.53. The summed E-state index contributed by atoms with van der Waals surface area (Å²) in [6.45, 7) is 2.69. The summed E-state index contributed by atoms with van der Waals surface area (Å²) in [7, 11) is 0. The van der Waals surface area contributed by atoms with Gasteiger partial charge in [-0.1, -0.05) is 0 Å². The molecule has 0 aliphatic carbocycles. The van der Waals surface area contributed by atoms with Crippen molar-refractivity contribution in [1.82, 2.24) is 9.55 Å². The van der Waals surface area contributed by atoms with E-state index in [9.17, 15) is 14.4 Å². The molecule has 1 atom stereocenters. The third-order valence-electron chi connectivity index (χ3n) is 2.65. The van der Waals surface area contributed by atoms with Crippen LogP contribution in [-0.4, -0.2) is 54.0 Å². The van der Waals surface area contributed by atoms with Crippen LogP contribution in [0.15, 0.2) is 17.1 Å². The Hall–Kier alpha value is -2.46. The van der Waals surface area contributed by atoms with Crippen LogP contribution in [0.1, 0.15) is 13.8 Å². The van der Waals surface area contributed by atoms with Crippen molar-refractivity contribution in [2.75, 3.05) is 32.2 Å². The molecule has 0 bridgehead atoms. The number of anilines is 1. The molecule has 0 aliphatic rings. The van der Waals surface area contributed by atoms with Gasteiger partial charge in [0.25, 0.3) is 0 Å². The normalized spacial score (nSPS) is 11.8. The molecule has 10 heteroatoms. The van der Waals surface area contributed by atoms with Gasteiger partial charge in [-0.15, -0.1) is 0 Å². The van der Waals surface area contributed by atoms with E-state index in [0.717, 1.165) is 0 Å². The van der Waals surface area contributed by atoms with Crippen LogP contribution in [-0.2, 0) is 35.3 Å². The van der Waals surface area contributed by atoms with Crippen LogP contribution in [0, 0.1) is 0 Å². The molecule has 10 nitrogen and oxygen atoms in total. The maximum absolute atomic E-state index is 11.6. The van der Waals surface area contributed by atoms with Crippen molar-refractivity contribution in [2.45, 2.75) is 26.7 Å². The van der Waals surface area contributed by atoms with Crippen molar-refractivity contribution in [2.24, 2.45) is 0 Å². The Labute approximate surface area is 138 Å². The first-order chi connectivity index (χ1) is 11.4. The first-order valence-electron chi connectivity index (χ1n) is 7.23. The first-order valence-corrected chi connectivity index (χ1v) is 7.23. The van der Waals surface area contributed by atoms with E-state index in [2.05, 4.69) is 4.98 Å². The molecule has 1 rings (SSSR count). The first kappa shape index (κ1) is 19.6. The maximum atomic E-state index is 11.6. The highest BCUT2D eigenvalue weighted by Gasteiger charge is 2.14. The molecule has 1 unspecified atom stereocenters. The van der Waals surface area contributed by atoms with E-state index in [4.69, 9.17) is 24.7 Å². The van der Waals surface area contributed by atoms with E-state index in [1.165, 1.54) is 23.8 Å². The molecule has 0 fully saturated rings. The molecular weight excluding hydrogens is 322 g/mol. The maximum Gasteiger partial charge on any atom is 0.351 e. The van der Waals surface area contributed by atoms with Gasteiger partial charge in [0.15, 0.2) is 0 Å². The number of rotatable bonds is 10. The van der Waals surface area contributed by atoms with Crippen LogP contribution in [0.2, 0.25) is 0 Å². The number of nitrogen functional groups attached to an aromatic ring is 1. The van der Waals surface area contributed by atoms with Crippen molar-refractivity contribution >= 4 is 17.8 Å². The van der Waals surface area contributed by atoms with Gasteiger partial charge in [0.1, 0.15) is 31.9 Å². The number of nitrogens with zero attached hydrogens (tertiary/aromatic N) is 2. The molecule has 0 saturated carbocycles. The summed E-state index contributed by atoms with van der Waals surface area (Å²) in [5.41, 5.74) is 4.82. The lowest BCUT2D eigenvalue weighted by Gasteiger charge is -2.18. The SMILES string of the molecule is CCOC(=O)COCC(COC(C)=O)OCn1ccc(N)nc1=O. The zero-order valence-electron chi connectivity index (χ0n) is 13.6. The van der Waals surface area contributed by atoms with E-state index in [1.54, 1.807) is 6.92 Å². The van der Waals surface area contributed by atoms with Gasteiger partial charge in [0.2, 0.25) is 0 Å². The highest BCUT2D eigenvalue weighted by Crippen LogP contribution is 1.99. The average Bonchev–Trinajstić information content (AvgIpc) is 2.51. The fourth-order valence-electron chi connectivity index (χ4n) is 1.56. The molecule has 1 heterocycles. The Kier molecular flexibility index (Phi) is 8.44. The van der Waals surface area contributed by atoms with Crippen molar-refractivity contribution in [1.29, 1.82) is 0 Å². The molecule has 1 aromatic rings. The van der Waals surface area contributed by atoms with Crippen molar-refractivity contribution in [3.05, 3.63) is 22.7 Å². The predicted octanol–water partition coefficient (Wildman–Crippen LogP) is -0.689. The molecule has 1 aromatic heterocycles. The summed E-state index contributed by atoms with van der Waals surface area (Å²) < 4.78 is 21.4. The topological polar surface area (TPSA) is 132 Å². The lowest BCUT2D eigenvalue weighted by molar-refractivity contribution is -0.156. The molecule has 0 radical (unpaired) electrons. The fraction of sp³-hybridized carbons (Fsp3) is 0.571. The van der Waals surface area contributed by atoms with Crippen LogP contribution in [0.4, 0.5) is 5.82 Å². The Morgan fingerprint density at radius 3 is 2.71 bits per heavy atom. The van der Waals surface area contributed by atoms with Gasteiger partial charge in [-0.3, -0.25) is 9.36 Å². The van der Waals surface area contributed by atoms with E-state index in [1.807, 2.05) is 0 Å². The van der Waals surface area contributed by atoms with Gasteiger partial charge in [-0.2, -0.15) is 4.98 Å².